The van der Waals surface area contributed by atoms with Gasteiger partial charge in [0.25, 0.3) is 0 Å². The molecular weight excluding hydrogens is 224 g/mol. The van der Waals surface area contributed by atoms with Gasteiger partial charge in [-0.25, -0.2) is 0 Å². The number of aldehydes is 1. The Kier molecular flexibility index (Phi) is 3.11. The van der Waals surface area contributed by atoms with Gasteiger partial charge in [-0.1, -0.05) is 42.0 Å². The zero-order valence-corrected chi connectivity index (χ0v) is 9.35. The summed E-state index contributed by atoms with van der Waals surface area (Å²) in [5, 5.41) is -0.881. The second-order valence-electron chi connectivity index (χ2n) is 3.54. The third-order valence-electron chi connectivity index (χ3n) is 2.31. The maximum absolute atomic E-state index is 10.8. The van der Waals surface area contributed by atoms with Crippen molar-refractivity contribution in [2.75, 3.05) is 0 Å². The summed E-state index contributed by atoms with van der Waals surface area (Å²) >= 11 is 6.26. The van der Waals surface area contributed by atoms with Crippen LogP contribution < -0.4 is 4.74 Å². The van der Waals surface area contributed by atoms with Gasteiger partial charge in [0.2, 0.25) is 5.06 Å². The predicted molar refractivity (Wildman–Crippen MR) is 63.9 cm³/mol. The molecule has 1 aliphatic rings. The van der Waals surface area contributed by atoms with Crippen molar-refractivity contribution in [2.45, 2.75) is 11.5 Å². The number of para-hydroxylation sites is 1. The Hall–Kier alpha value is -1.54. The van der Waals surface area contributed by atoms with Crippen molar-refractivity contribution in [1.29, 1.82) is 0 Å². The van der Waals surface area contributed by atoms with Gasteiger partial charge in [0.05, 0.1) is 5.56 Å². The molecule has 0 N–H and O–H groups in total. The average molecular weight is 235 g/mol. The van der Waals surface area contributed by atoms with Crippen LogP contribution in [0.15, 0.2) is 48.6 Å². The molecule has 0 aromatic heterocycles. The molecule has 0 saturated carbocycles. The normalized spacial score (nSPS) is 23.1. The van der Waals surface area contributed by atoms with E-state index in [0.29, 0.717) is 17.7 Å². The summed E-state index contributed by atoms with van der Waals surface area (Å²) < 4.78 is 5.66. The number of alkyl halides is 1. The lowest BCUT2D eigenvalue weighted by molar-refractivity contribution is 0.111. The molecule has 0 fully saturated rings. The van der Waals surface area contributed by atoms with Gasteiger partial charge in [-0.3, -0.25) is 4.79 Å². The van der Waals surface area contributed by atoms with Crippen LogP contribution in [0.4, 0.5) is 0 Å². The summed E-state index contributed by atoms with van der Waals surface area (Å²) in [5.41, 5.74) is 0.505. The van der Waals surface area contributed by atoms with E-state index in [2.05, 4.69) is 0 Å². The quantitative estimate of drug-likeness (QED) is 0.592. The lowest BCUT2D eigenvalue weighted by atomic mass is 10.1. The van der Waals surface area contributed by atoms with E-state index in [9.17, 15) is 4.79 Å². The summed E-state index contributed by atoms with van der Waals surface area (Å²) in [7, 11) is 0. The minimum absolute atomic E-state index is 0.505. The number of hydrogen-bond donors (Lipinski definition) is 0. The summed E-state index contributed by atoms with van der Waals surface area (Å²) in [6, 6.07) is 7.03. The maximum atomic E-state index is 10.8. The lowest BCUT2D eigenvalue weighted by Crippen LogP contribution is -2.27. The monoisotopic (exact) mass is 234 g/mol. The standard InChI is InChI=1S/C13H11ClO2/c14-13(8-4-1-5-9-13)16-12-7-3-2-6-11(12)10-15/h1-8,10H,9H2. The average Bonchev–Trinajstić information content (AvgIpc) is 2.30. The molecule has 0 radical (unpaired) electrons. The fraction of sp³-hybridized carbons (Fsp3) is 0.154. The first-order valence-corrected chi connectivity index (χ1v) is 5.38. The fourth-order valence-electron chi connectivity index (χ4n) is 1.50. The van der Waals surface area contributed by atoms with Crippen molar-refractivity contribution >= 4 is 17.9 Å². The van der Waals surface area contributed by atoms with E-state index in [4.69, 9.17) is 16.3 Å². The van der Waals surface area contributed by atoms with Crippen molar-refractivity contribution < 1.29 is 9.53 Å². The molecule has 0 spiro atoms. The molecule has 0 saturated heterocycles. The van der Waals surface area contributed by atoms with Crippen molar-refractivity contribution in [2.24, 2.45) is 0 Å². The molecule has 16 heavy (non-hydrogen) atoms. The first-order valence-electron chi connectivity index (χ1n) is 5.00. The molecule has 1 aliphatic carbocycles. The van der Waals surface area contributed by atoms with Crippen LogP contribution in [0.25, 0.3) is 0 Å². The van der Waals surface area contributed by atoms with E-state index in [1.807, 2.05) is 24.3 Å². The zero-order chi connectivity index (χ0) is 11.4. The molecule has 0 aliphatic heterocycles. The maximum Gasteiger partial charge on any atom is 0.205 e. The Morgan fingerprint density at radius 1 is 1.31 bits per heavy atom. The summed E-state index contributed by atoms with van der Waals surface area (Å²) in [6.45, 7) is 0. The summed E-state index contributed by atoms with van der Waals surface area (Å²) in [6.07, 6.45) is 8.79. The topological polar surface area (TPSA) is 26.3 Å². The number of carbonyl (C=O) groups is 1. The zero-order valence-electron chi connectivity index (χ0n) is 8.60. The van der Waals surface area contributed by atoms with E-state index in [0.717, 1.165) is 6.29 Å². The van der Waals surface area contributed by atoms with Crippen LogP contribution in [0.2, 0.25) is 0 Å². The fourth-order valence-corrected chi connectivity index (χ4v) is 1.75. The first kappa shape index (κ1) is 11.0. The number of allylic oxidation sites excluding steroid dienone is 2. The number of rotatable bonds is 3. The number of hydrogen-bond acceptors (Lipinski definition) is 2. The molecule has 0 heterocycles. The van der Waals surface area contributed by atoms with Gasteiger partial charge in [0.15, 0.2) is 6.29 Å². The van der Waals surface area contributed by atoms with Crippen molar-refractivity contribution in [3.05, 3.63) is 54.1 Å². The van der Waals surface area contributed by atoms with Gasteiger partial charge in [-0.2, -0.15) is 0 Å². The summed E-state index contributed by atoms with van der Waals surface area (Å²) in [5.74, 6) is 0.507. The molecule has 1 unspecified atom stereocenters. The molecule has 1 atom stereocenters. The Balaban J connectivity index is 2.23. The van der Waals surface area contributed by atoms with Crippen LogP contribution in [0.5, 0.6) is 5.75 Å². The SMILES string of the molecule is O=Cc1ccccc1OC1(Cl)C=CC=CC1. The second kappa shape index (κ2) is 4.54. The van der Waals surface area contributed by atoms with Crippen LogP contribution >= 0.6 is 11.6 Å². The molecule has 2 rings (SSSR count). The van der Waals surface area contributed by atoms with E-state index in [1.165, 1.54) is 0 Å². The number of halogens is 1. The van der Waals surface area contributed by atoms with Crippen LogP contribution in [0, 0.1) is 0 Å². The Morgan fingerprint density at radius 2 is 2.12 bits per heavy atom. The molecule has 1 aromatic carbocycles. The summed E-state index contributed by atoms with van der Waals surface area (Å²) in [4.78, 5) is 10.8. The van der Waals surface area contributed by atoms with Crippen molar-refractivity contribution in [3.63, 3.8) is 0 Å². The lowest BCUT2D eigenvalue weighted by Gasteiger charge is -2.25. The number of carbonyl (C=O) groups excluding carboxylic acids is 1. The number of ether oxygens (including phenoxy) is 1. The smallest absolute Gasteiger partial charge is 0.205 e. The predicted octanol–water partition coefficient (Wildman–Crippen LogP) is 3.33. The van der Waals surface area contributed by atoms with E-state index < -0.39 is 5.06 Å². The third kappa shape index (κ3) is 2.34. The van der Waals surface area contributed by atoms with Gasteiger partial charge in [-0.05, 0) is 18.2 Å². The van der Waals surface area contributed by atoms with Gasteiger partial charge < -0.3 is 4.74 Å². The highest BCUT2D eigenvalue weighted by molar-refractivity contribution is 6.24. The molecule has 1 aromatic rings. The molecule has 3 heteroatoms. The molecule has 82 valence electrons. The Labute approximate surface area is 99.2 Å². The van der Waals surface area contributed by atoms with Gasteiger partial charge in [0, 0.05) is 6.42 Å². The van der Waals surface area contributed by atoms with Gasteiger partial charge in [-0.15, -0.1) is 0 Å². The van der Waals surface area contributed by atoms with Crippen LogP contribution in [0.1, 0.15) is 16.8 Å². The highest BCUT2D eigenvalue weighted by Gasteiger charge is 2.26. The molecule has 0 bridgehead atoms. The minimum atomic E-state index is -0.881. The first-order chi connectivity index (χ1) is 7.73. The largest absolute Gasteiger partial charge is 0.467 e. The van der Waals surface area contributed by atoms with E-state index in [1.54, 1.807) is 24.3 Å². The second-order valence-corrected chi connectivity index (χ2v) is 4.18. The third-order valence-corrected chi connectivity index (χ3v) is 2.67. The van der Waals surface area contributed by atoms with Crippen molar-refractivity contribution in [3.8, 4) is 5.75 Å². The van der Waals surface area contributed by atoms with Crippen LogP contribution in [-0.4, -0.2) is 11.3 Å². The minimum Gasteiger partial charge on any atom is -0.467 e. The highest BCUT2D eigenvalue weighted by Crippen LogP contribution is 2.30. The Morgan fingerprint density at radius 3 is 2.81 bits per heavy atom. The number of benzene rings is 1. The van der Waals surface area contributed by atoms with Crippen LogP contribution in [-0.2, 0) is 0 Å². The van der Waals surface area contributed by atoms with Crippen LogP contribution in [0.3, 0.4) is 0 Å². The van der Waals surface area contributed by atoms with Gasteiger partial charge >= 0.3 is 0 Å². The van der Waals surface area contributed by atoms with Crippen molar-refractivity contribution in [1.82, 2.24) is 0 Å². The van der Waals surface area contributed by atoms with Gasteiger partial charge in [0.1, 0.15) is 5.75 Å². The molecule has 0 amide bonds. The molecular formula is C13H11ClO2. The molecule has 2 nitrogen and oxygen atoms in total. The highest BCUT2D eigenvalue weighted by atomic mass is 35.5. The van der Waals surface area contributed by atoms with E-state index >= 15 is 0 Å². The Bertz CT molecular complexity index is 451. The van der Waals surface area contributed by atoms with E-state index in [-0.39, 0.29) is 0 Å².